The maximum absolute atomic E-state index is 11.6. The van der Waals surface area contributed by atoms with E-state index in [0.29, 0.717) is 25.9 Å². The number of alkyl carbamates (subject to hydrolysis) is 1. The van der Waals surface area contributed by atoms with Crippen molar-refractivity contribution in [1.29, 1.82) is 0 Å². The van der Waals surface area contributed by atoms with Gasteiger partial charge in [0.05, 0.1) is 0 Å². The lowest BCUT2D eigenvalue weighted by Crippen LogP contribution is -2.37. The molecule has 0 bridgehead atoms. The van der Waals surface area contributed by atoms with E-state index in [0.717, 1.165) is 5.56 Å². The fraction of sp³-hybridized carbons (Fsp3) is 0.500. The number of ether oxygens (including phenoxy) is 1. The monoisotopic (exact) mass is 322 g/mol. The van der Waals surface area contributed by atoms with Crippen LogP contribution in [0.4, 0.5) is 4.79 Å². The van der Waals surface area contributed by atoms with Crippen molar-refractivity contribution >= 4 is 23.3 Å². The predicted octanol–water partition coefficient (Wildman–Crippen LogP) is 2.52. The number of carbonyl (C=O) groups excluding carboxylic acids is 2. The van der Waals surface area contributed by atoms with Gasteiger partial charge < -0.3 is 15.4 Å². The highest BCUT2D eigenvalue weighted by Crippen LogP contribution is 2.06. The molecule has 0 saturated heterocycles. The quantitative estimate of drug-likeness (QED) is 0.646. The highest BCUT2D eigenvalue weighted by atomic mass is 32.1. The average Bonchev–Trinajstić information content (AvgIpc) is 2.91. The lowest BCUT2D eigenvalue weighted by Gasteiger charge is -2.19. The molecule has 1 aromatic heterocycles. The molecule has 2 N–H and O–H groups in total. The smallest absolute Gasteiger partial charge is 0.407 e. The summed E-state index contributed by atoms with van der Waals surface area (Å²) in [5, 5.41) is 9.23. The third-order valence-electron chi connectivity index (χ3n) is 2.35. The lowest BCUT2D eigenvalue weighted by molar-refractivity contribution is -0.120. The molecule has 1 rings (SSSR count). The molecule has 0 fully saturated rings. The SMILES string of the molecule is CC(C)(C)OC(=O)NCCNC(=O)CCC#Cc1ccsc1. The summed E-state index contributed by atoms with van der Waals surface area (Å²) in [4.78, 5) is 22.9. The Bertz CT molecular complexity index is 536. The summed E-state index contributed by atoms with van der Waals surface area (Å²) in [5.74, 6) is 5.87. The molecule has 0 aliphatic rings. The molecule has 6 heteroatoms. The third kappa shape index (κ3) is 9.03. The molecule has 0 saturated carbocycles. The van der Waals surface area contributed by atoms with Gasteiger partial charge in [-0.1, -0.05) is 11.8 Å². The number of carbonyl (C=O) groups is 2. The van der Waals surface area contributed by atoms with Crippen LogP contribution >= 0.6 is 11.3 Å². The normalized spacial score (nSPS) is 10.3. The summed E-state index contributed by atoms with van der Waals surface area (Å²) in [5.41, 5.74) is 0.459. The minimum atomic E-state index is -0.519. The maximum atomic E-state index is 11.6. The van der Waals surface area contributed by atoms with Crippen molar-refractivity contribution < 1.29 is 14.3 Å². The van der Waals surface area contributed by atoms with Gasteiger partial charge in [0.15, 0.2) is 0 Å². The van der Waals surface area contributed by atoms with Crippen LogP contribution in [-0.2, 0) is 9.53 Å². The van der Waals surface area contributed by atoms with E-state index in [4.69, 9.17) is 4.74 Å². The highest BCUT2D eigenvalue weighted by Gasteiger charge is 2.15. The fourth-order valence-electron chi connectivity index (χ4n) is 1.45. The first-order valence-corrected chi connectivity index (χ1v) is 8.06. The van der Waals surface area contributed by atoms with Crippen molar-refractivity contribution in [1.82, 2.24) is 10.6 Å². The molecule has 22 heavy (non-hydrogen) atoms. The zero-order valence-corrected chi connectivity index (χ0v) is 14.0. The molecule has 0 unspecified atom stereocenters. The standard InChI is InChI=1S/C16H22N2O3S/c1-16(2,3)21-15(20)18-10-9-17-14(19)7-5-4-6-13-8-11-22-12-13/h8,11-12H,5,7,9-10H2,1-3H3,(H,17,19)(H,18,20). The van der Waals surface area contributed by atoms with Gasteiger partial charge in [0.25, 0.3) is 0 Å². The first kappa shape index (κ1) is 18.1. The van der Waals surface area contributed by atoms with Crippen LogP contribution in [0, 0.1) is 11.8 Å². The molecule has 5 nitrogen and oxygen atoms in total. The average molecular weight is 322 g/mol. The van der Waals surface area contributed by atoms with Crippen molar-refractivity contribution in [2.75, 3.05) is 13.1 Å². The molecular formula is C16H22N2O3S. The van der Waals surface area contributed by atoms with Crippen LogP contribution in [0.3, 0.4) is 0 Å². The van der Waals surface area contributed by atoms with Crippen molar-refractivity contribution in [2.45, 2.75) is 39.2 Å². The Balaban J connectivity index is 2.07. The van der Waals surface area contributed by atoms with Gasteiger partial charge in [-0.2, -0.15) is 11.3 Å². The largest absolute Gasteiger partial charge is 0.444 e. The Kier molecular flexibility index (Phi) is 7.47. The van der Waals surface area contributed by atoms with Crippen molar-refractivity contribution in [3.63, 3.8) is 0 Å². The van der Waals surface area contributed by atoms with Crippen LogP contribution in [0.5, 0.6) is 0 Å². The molecule has 1 aromatic rings. The van der Waals surface area contributed by atoms with Crippen LogP contribution < -0.4 is 10.6 Å². The summed E-state index contributed by atoms with van der Waals surface area (Å²) < 4.78 is 5.08. The number of rotatable bonds is 5. The summed E-state index contributed by atoms with van der Waals surface area (Å²) in [6.45, 7) is 6.10. The van der Waals surface area contributed by atoms with Gasteiger partial charge in [0.2, 0.25) is 5.91 Å². The van der Waals surface area contributed by atoms with E-state index in [1.165, 1.54) is 0 Å². The fourth-order valence-corrected chi connectivity index (χ4v) is 2.03. The van der Waals surface area contributed by atoms with Gasteiger partial charge in [0, 0.05) is 36.9 Å². The first-order chi connectivity index (χ1) is 10.4. The second kappa shape index (κ2) is 9.11. The number of thiophene rings is 1. The highest BCUT2D eigenvalue weighted by molar-refractivity contribution is 7.08. The second-order valence-corrected chi connectivity index (χ2v) is 6.37. The summed E-state index contributed by atoms with van der Waals surface area (Å²) in [6, 6.07) is 1.94. The Hall–Kier alpha value is -2.00. The number of nitrogens with one attached hydrogen (secondary N) is 2. The van der Waals surface area contributed by atoms with Gasteiger partial charge in [-0.05, 0) is 32.2 Å². The van der Waals surface area contributed by atoms with E-state index in [1.54, 1.807) is 32.1 Å². The van der Waals surface area contributed by atoms with Crippen LogP contribution in [-0.4, -0.2) is 30.7 Å². The van der Waals surface area contributed by atoms with Crippen molar-refractivity contribution in [3.8, 4) is 11.8 Å². The Morgan fingerprint density at radius 1 is 1.27 bits per heavy atom. The van der Waals surface area contributed by atoms with Crippen LogP contribution in [0.2, 0.25) is 0 Å². The van der Waals surface area contributed by atoms with E-state index in [-0.39, 0.29) is 5.91 Å². The zero-order chi connectivity index (χ0) is 16.4. The van der Waals surface area contributed by atoms with Crippen LogP contribution in [0.1, 0.15) is 39.2 Å². The molecule has 0 radical (unpaired) electrons. The van der Waals surface area contributed by atoms with Crippen LogP contribution in [0.25, 0.3) is 0 Å². The minimum absolute atomic E-state index is 0.0781. The van der Waals surface area contributed by atoms with Crippen LogP contribution in [0.15, 0.2) is 16.8 Å². The Labute approximate surface area is 135 Å². The summed E-state index contributed by atoms with van der Waals surface area (Å²) in [7, 11) is 0. The van der Waals surface area contributed by atoms with Gasteiger partial charge in [0.1, 0.15) is 5.60 Å². The molecule has 120 valence electrons. The van der Waals surface area contributed by atoms with E-state index in [2.05, 4.69) is 22.5 Å². The van der Waals surface area contributed by atoms with Gasteiger partial charge >= 0.3 is 6.09 Å². The van der Waals surface area contributed by atoms with E-state index in [9.17, 15) is 9.59 Å². The number of hydrogen-bond acceptors (Lipinski definition) is 4. The molecular weight excluding hydrogens is 300 g/mol. The van der Waals surface area contributed by atoms with Gasteiger partial charge in [-0.3, -0.25) is 4.79 Å². The van der Waals surface area contributed by atoms with E-state index < -0.39 is 11.7 Å². The Morgan fingerprint density at radius 2 is 2.00 bits per heavy atom. The van der Waals surface area contributed by atoms with Gasteiger partial charge in [-0.15, -0.1) is 0 Å². The number of hydrogen-bond donors (Lipinski definition) is 2. The molecule has 0 atom stereocenters. The topological polar surface area (TPSA) is 67.4 Å². The van der Waals surface area contributed by atoms with Gasteiger partial charge in [-0.25, -0.2) is 4.79 Å². The maximum Gasteiger partial charge on any atom is 0.407 e. The molecule has 0 spiro atoms. The lowest BCUT2D eigenvalue weighted by atomic mass is 10.2. The summed E-state index contributed by atoms with van der Waals surface area (Å²) >= 11 is 1.60. The third-order valence-corrected chi connectivity index (χ3v) is 3.03. The van der Waals surface area contributed by atoms with E-state index >= 15 is 0 Å². The molecule has 0 aromatic carbocycles. The van der Waals surface area contributed by atoms with Crippen molar-refractivity contribution in [3.05, 3.63) is 22.4 Å². The summed E-state index contributed by atoms with van der Waals surface area (Å²) in [6.07, 6.45) is 0.383. The van der Waals surface area contributed by atoms with Crippen molar-refractivity contribution in [2.24, 2.45) is 0 Å². The number of amides is 2. The van der Waals surface area contributed by atoms with E-state index in [1.807, 2.05) is 16.8 Å². The minimum Gasteiger partial charge on any atom is -0.444 e. The zero-order valence-electron chi connectivity index (χ0n) is 13.2. The second-order valence-electron chi connectivity index (χ2n) is 5.59. The first-order valence-electron chi connectivity index (χ1n) is 7.11. The molecule has 0 aliphatic carbocycles. The molecule has 0 aliphatic heterocycles. The molecule has 2 amide bonds. The Morgan fingerprint density at radius 3 is 2.64 bits per heavy atom. The molecule has 1 heterocycles. The predicted molar refractivity (Wildman–Crippen MR) is 87.7 cm³/mol.